The monoisotopic (exact) mass is 271 g/mol. The van der Waals surface area contributed by atoms with Crippen molar-refractivity contribution < 1.29 is 14.3 Å². The van der Waals surface area contributed by atoms with E-state index in [9.17, 15) is 4.79 Å². The average Bonchev–Trinajstić information content (AvgIpc) is 2.92. The number of nitrogens with zero attached hydrogens (tertiary/aromatic N) is 1. The molecule has 0 fully saturated rings. The Morgan fingerprint density at radius 2 is 1.90 bits per heavy atom. The highest BCUT2D eigenvalue weighted by Crippen LogP contribution is 2.32. The summed E-state index contributed by atoms with van der Waals surface area (Å²) in [5.74, 6) is 1.35. The van der Waals surface area contributed by atoms with Gasteiger partial charge in [0.15, 0.2) is 11.5 Å². The predicted octanol–water partition coefficient (Wildman–Crippen LogP) is 2.63. The van der Waals surface area contributed by atoms with Crippen molar-refractivity contribution in [2.24, 2.45) is 0 Å². The molecule has 1 aromatic rings. The van der Waals surface area contributed by atoms with Gasteiger partial charge in [0.1, 0.15) is 0 Å². The highest BCUT2D eigenvalue weighted by atomic mass is 16.7. The third kappa shape index (κ3) is 3.29. The summed E-state index contributed by atoms with van der Waals surface area (Å²) in [4.78, 5) is 13.7. The number of benzene rings is 1. The summed E-state index contributed by atoms with van der Waals surface area (Å²) in [6.07, 6.45) is 6.67. The Kier molecular flexibility index (Phi) is 4.60. The number of carbonyl (C=O) groups excluding carboxylic acids is 1. The van der Waals surface area contributed by atoms with Crippen molar-refractivity contribution in [2.75, 3.05) is 19.9 Å². The lowest BCUT2D eigenvalue weighted by Gasteiger charge is -2.16. The van der Waals surface area contributed by atoms with Gasteiger partial charge < -0.3 is 14.4 Å². The molecule has 0 N–H and O–H groups in total. The van der Waals surface area contributed by atoms with Crippen molar-refractivity contribution >= 4 is 12.0 Å². The van der Waals surface area contributed by atoms with Crippen LogP contribution in [0.4, 0.5) is 0 Å². The van der Waals surface area contributed by atoms with Crippen molar-refractivity contribution in [3.05, 3.63) is 55.1 Å². The van der Waals surface area contributed by atoms with Crippen LogP contribution in [0.1, 0.15) is 5.56 Å². The molecule has 0 saturated heterocycles. The number of ether oxygens (including phenoxy) is 2. The molecule has 1 aliphatic heterocycles. The standard InChI is InChI=1S/C16H17NO3/c1-3-9-17(10-4-2)16(18)8-6-13-5-7-14-15(11-13)20-12-19-14/h3-8,11H,1-2,9-10,12H2/b8-6+. The van der Waals surface area contributed by atoms with Gasteiger partial charge >= 0.3 is 0 Å². The minimum atomic E-state index is -0.0810. The first kappa shape index (κ1) is 13.9. The zero-order valence-electron chi connectivity index (χ0n) is 11.2. The first-order valence-corrected chi connectivity index (χ1v) is 6.33. The number of fused-ring (bicyclic) bond motifs is 1. The van der Waals surface area contributed by atoms with Crippen LogP contribution >= 0.6 is 0 Å². The van der Waals surface area contributed by atoms with Crippen LogP contribution in [0.2, 0.25) is 0 Å². The molecule has 2 rings (SSSR count). The summed E-state index contributed by atoms with van der Waals surface area (Å²) in [6, 6.07) is 5.55. The van der Waals surface area contributed by atoms with Gasteiger partial charge in [0.05, 0.1) is 0 Å². The van der Waals surface area contributed by atoms with E-state index < -0.39 is 0 Å². The maximum Gasteiger partial charge on any atom is 0.247 e. The normalized spacial score (nSPS) is 12.4. The molecule has 0 spiro atoms. The largest absolute Gasteiger partial charge is 0.454 e. The van der Waals surface area contributed by atoms with Crippen LogP contribution in [-0.4, -0.2) is 30.7 Å². The summed E-state index contributed by atoms with van der Waals surface area (Å²) in [7, 11) is 0. The second-order valence-corrected chi connectivity index (χ2v) is 4.27. The number of hydrogen-bond acceptors (Lipinski definition) is 3. The molecule has 0 radical (unpaired) electrons. The van der Waals surface area contributed by atoms with E-state index in [0.29, 0.717) is 18.8 Å². The molecule has 0 aliphatic carbocycles. The summed E-state index contributed by atoms with van der Waals surface area (Å²) in [5.41, 5.74) is 0.889. The van der Waals surface area contributed by atoms with Crippen molar-refractivity contribution in [2.45, 2.75) is 0 Å². The molecule has 1 amide bonds. The average molecular weight is 271 g/mol. The third-order valence-electron chi connectivity index (χ3n) is 2.83. The molecule has 20 heavy (non-hydrogen) atoms. The number of carbonyl (C=O) groups is 1. The number of rotatable bonds is 6. The van der Waals surface area contributed by atoms with Crippen molar-refractivity contribution in [1.29, 1.82) is 0 Å². The zero-order valence-corrected chi connectivity index (χ0v) is 11.2. The van der Waals surface area contributed by atoms with Crippen LogP contribution in [0.3, 0.4) is 0 Å². The van der Waals surface area contributed by atoms with Crippen LogP contribution in [-0.2, 0) is 4.79 Å². The van der Waals surface area contributed by atoms with Gasteiger partial charge in [-0.25, -0.2) is 0 Å². The molecule has 1 aromatic carbocycles. The summed E-state index contributed by atoms with van der Waals surface area (Å²) < 4.78 is 10.5. The topological polar surface area (TPSA) is 38.8 Å². The molecule has 0 aromatic heterocycles. The number of amides is 1. The van der Waals surface area contributed by atoms with Crippen molar-refractivity contribution in [3.63, 3.8) is 0 Å². The van der Waals surface area contributed by atoms with E-state index in [1.807, 2.05) is 18.2 Å². The van der Waals surface area contributed by atoms with Crippen LogP contribution < -0.4 is 9.47 Å². The van der Waals surface area contributed by atoms with Gasteiger partial charge in [0.2, 0.25) is 12.7 Å². The quantitative estimate of drug-likeness (QED) is 0.589. The fraction of sp³-hybridized carbons (Fsp3) is 0.188. The Morgan fingerprint density at radius 1 is 1.20 bits per heavy atom. The lowest BCUT2D eigenvalue weighted by atomic mass is 10.2. The SMILES string of the molecule is C=CCN(CC=C)C(=O)/C=C/c1ccc2c(c1)OCO2. The summed E-state index contributed by atoms with van der Waals surface area (Å²) >= 11 is 0. The lowest BCUT2D eigenvalue weighted by Crippen LogP contribution is -2.29. The van der Waals surface area contributed by atoms with Crippen molar-refractivity contribution in [1.82, 2.24) is 4.90 Å². The first-order chi connectivity index (χ1) is 9.74. The Hall–Kier alpha value is -2.49. The van der Waals surface area contributed by atoms with Crippen LogP contribution in [0, 0.1) is 0 Å². The minimum absolute atomic E-state index is 0.0810. The van der Waals surface area contributed by atoms with Crippen LogP contribution in [0.15, 0.2) is 49.6 Å². The molecular formula is C16H17NO3. The highest BCUT2D eigenvalue weighted by Gasteiger charge is 2.12. The molecule has 0 atom stereocenters. The molecule has 4 nitrogen and oxygen atoms in total. The highest BCUT2D eigenvalue weighted by molar-refractivity contribution is 5.92. The van der Waals surface area contributed by atoms with Crippen LogP contribution in [0.25, 0.3) is 6.08 Å². The van der Waals surface area contributed by atoms with E-state index in [0.717, 1.165) is 11.3 Å². The van der Waals surface area contributed by atoms with Gasteiger partial charge in [-0.1, -0.05) is 18.2 Å². The van der Waals surface area contributed by atoms with Gasteiger partial charge in [-0.2, -0.15) is 0 Å². The van der Waals surface area contributed by atoms with Gasteiger partial charge in [-0.05, 0) is 23.8 Å². The molecule has 1 heterocycles. The molecule has 1 aliphatic rings. The smallest absolute Gasteiger partial charge is 0.247 e. The fourth-order valence-corrected chi connectivity index (χ4v) is 1.86. The maximum atomic E-state index is 12.0. The Bertz CT molecular complexity index is 539. The Morgan fingerprint density at radius 3 is 2.60 bits per heavy atom. The van der Waals surface area contributed by atoms with Gasteiger partial charge in [-0.3, -0.25) is 4.79 Å². The van der Waals surface area contributed by atoms with E-state index in [-0.39, 0.29) is 12.7 Å². The molecular weight excluding hydrogens is 254 g/mol. The zero-order chi connectivity index (χ0) is 14.4. The summed E-state index contributed by atoms with van der Waals surface area (Å²) in [6.45, 7) is 8.52. The van der Waals surface area contributed by atoms with Gasteiger partial charge in [0, 0.05) is 19.2 Å². The second-order valence-electron chi connectivity index (χ2n) is 4.27. The van der Waals surface area contributed by atoms with Crippen molar-refractivity contribution in [3.8, 4) is 11.5 Å². The summed E-state index contributed by atoms with van der Waals surface area (Å²) in [5, 5.41) is 0. The van der Waals surface area contributed by atoms with E-state index in [4.69, 9.17) is 9.47 Å². The van der Waals surface area contributed by atoms with Gasteiger partial charge in [0.25, 0.3) is 0 Å². The third-order valence-corrected chi connectivity index (χ3v) is 2.83. The molecule has 0 bridgehead atoms. The van der Waals surface area contributed by atoms with Gasteiger partial charge in [-0.15, -0.1) is 13.2 Å². The predicted molar refractivity (Wildman–Crippen MR) is 78.6 cm³/mol. The first-order valence-electron chi connectivity index (χ1n) is 6.33. The molecule has 104 valence electrons. The minimum Gasteiger partial charge on any atom is -0.454 e. The molecule has 0 saturated carbocycles. The second kappa shape index (κ2) is 6.61. The van der Waals surface area contributed by atoms with Crippen LogP contribution in [0.5, 0.6) is 11.5 Å². The fourth-order valence-electron chi connectivity index (χ4n) is 1.86. The van der Waals surface area contributed by atoms with E-state index >= 15 is 0 Å². The Labute approximate surface area is 118 Å². The lowest BCUT2D eigenvalue weighted by molar-refractivity contribution is -0.124. The van der Waals surface area contributed by atoms with E-state index in [1.165, 1.54) is 6.08 Å². The molecule has 0 unspecified atom stereocenters. The Balaban J connectivity index is 2.05. The maximum absolute atomic E-state index is 12.0. The number of hydrogen-bond donors (Lipinski definition) is 0. The van der Waals surface area contributed by atoms with E-state index in [1.54, 1.807) is 23.1 Å². The molecule has 4 heteroatoms. The van der Waals surface area contributed by atoms with E-state index in [2.05, 4.69) is 13.2 Å².